The molecule has 0 saturated carbocycles. The lowest BCUT2D eigenvalue weighted by atomic mass is 10.1. The largest absolute Gasteiger partial charge is 0.384 e. The van der Waals surface area contributed by atoms with Crippen LogP contribution in [0.4, 0.5) is 5.69 Å². The van der Waals surface area contributed by atoms with E-state index in [-0.39, 0.29) is 11.4 Å². The quantitative estimate of drug-likeness (QED) is 0.655. The summed E-state index contributed by atoms with van der Waals surface area (Å²) in [6.45, 7) is 0. The maximum atomic E-state index is 10.6. The lowest BCUT2D eigenvalue weighted by Gasteiger charge is -2.04. The van der Waals surface area contributed by atoms with Crippen molar-refractivity contribution in [2.45, 2.75) is 0 Å². The molecular formula is C10H7NO4S. The van der Waals surface area contributed by atoms with Crippen LogP contribution in [0.25, 0.3) is 10.8 Å². The minimum absolute atomic E-state index is 0.115. The van der Waals surface area contributed by atoms with Gasteiger partial charge in [-0.1, -0.05) is 24.3 Å². The molecule has 0 aliphatic heterocycles. The van der Waals surface area contributed by atoms with E-state index in [0.29, 0.717) is 10.8 Å². The minimum atomic E-state index is -3.01. The highest BCUT2D eigenvalue weighted by Gasteiger charge is 2.08. The number of benzene rings is 2. The van der Waals surface area contributed by atoms with Gasteiger partial charge in [-0.2, -0.15) is 8.42 Å². The molecule has 0 aromatic heterocycles. The van der Waals surface area contributed by atoms with Crippen LogP contribution >= 0.6 is 0 Å². The van der Waals surface area contributed by atoms with Crippen molar-refractivity contribution in [3.63, 3.8) is 0 Å². The van der Waals surface area contributed by atoms with Crippen LogP contribution in [0.2, 0.25) is 0 Å². The van der Waals surface area contributed by atoms with Gasteiger partial charge >= 0.3 is 0 Å². The molecule has 0 heterocycles. The van der Waals surface area contributed by atoms with Gasteiger partial charge < -0.3 is 4.18 Å². The third-order valence-corrected chi connectivity index (χ3v) is 2.46. The van der Waals surface area contributed by atoms with Crippen molar-refractivity contribution in [3.8, 4) is 5.75 Å². The second-order valence-corrected chi connectivity index (χ2v) is 3.67. The molecule has 2 aromatic carbocycles. The van der Waals surface area contributed by atoms with Crippen molar-refractivity contribution in [2.24, 2.45) is 5.18 Å². The van der Waals surface area contributed by atoms with Crippen LogP contribution in [0.15, 0.2) is 41.6 Å². The molecule has 16 heavy (non-hydrogen) atoms. The van der Waals surface area contributed by atoms with Crippen LogP contribution < -0.4 is 4.18 Å². The summed E-state index contributed by atoms with van der Waals surface area (Å²) in [4.78, 5) is 10.6. The second kappa shape index (κ2) is 4.28. The van der Waals surface area contributed by atoms with E-state index in [0.717, 1.165) is 0 Å². The van der Waals surface area contributed by atoms with Gasteiger partial charge in [-0.15, -0.1) is 4.91 Å². The van der Waals surface area contributed by atoms with E-state index in [2.05, 4.69) is 9.36 Å². The Morgan fingerprint density at radius 2 is 1.75 bits per heavy atom. The van der Waals surface area contributed by atoms with Crippen molar-refractivity contribution in [1.29, 1.82) is 0 Å². The molecule has 0 aliphatic carbocycles. The molecule has 0 N–H and O–H groups in total. The third-order valence-electron chi connectivity index (χ3n) is 2.12. The zero-order valence-electron chi connectivity index (χ0n) is 7.99. The Bertz CT molecular complexity index is 608. The van der Waals surface area contributed by atoms with Crippen LogP contribution in [0.3, 0.4) is 0 Å². The fourth-order valence-electron chi connectivity index (χ4n) is 1.52. The molecule has 0 spiro atoms. The van der Waals surface area contributed by atoms with Crippen LogP contribution in [0, 0.1) is 4.91 Å². The van der Waals surface area contributed by atoms with E-state index in [1.165, 1.54) is 12.1 Å². The molecule has 6 heteroatoms. The van der Waals surface area contributed by atoms with Gasteiger partial charge in [0.15, 0.2) is 5.75 Å². The van der Waals surface area contributed by atoms with Crippen molar-refractivity contribution < 1.29 is 12.6 Å². The van der Waals surface area contributed by atoms with Gasteiger partial charge in [-0.25, -0.2) is 0 Å². The average Bonchev–Trinajstić information content (AvgIpc) is 2.28. The molecule has 0 radical (unpaired) electrons. The smallest absolute Gasteiger partial charge is 0.299 e. The Labute approximate surface area is 92.8 Å². The van der Waals surface area contributed by atoms with E-state index in [4.69, 9.17) is 0 Å². The summed E-state index contributed by atoms with van der Waals surface area (Å²) in [6.07, 6.45) is 0. The topological polar surface area (TPSA) is 72.8 Å². The van der Waals surface area contributed by atoms with Gasteiger partial charge in [0.05, 0.1) is 5.39 Å². The molecule has 0 atom stereocenters. The standard InChI is InChI=1S/C10H7NO4S/c12-11-8-5-1-3-7-4-2-6-9(10(7)8)15-16(13)14/h1-6,16H. The molecule has 0 fully saturated rings. The van der Waals surface area contributed by atoms with E-state index in [1.807, 2.05) is 0 Å². The van der Waals surface area contributed by atoms with Crippen molar-refractivity contribution in [1.82, 2.24) is 0 Å². The molecule has 0 bridgehead atoms. The Morgan fingerprint density at radius 1 is 1.06 bits per heavy atom. The summed E-state index contributed by atoms with van der Waals surface area (Å²) in [6, 6.07) is 9.77. The Kier molecular flexibility index (Phi) is 2.82. The average molecular weight is 237 g/mol. The van der Waals surface area contributed by atoms with E-state index in [1.54, 1.807) is 24.3 Å². The summed E-state index contributed by atoms with van der Waals surface area (Å²) in [5.74, 6) is 0.115. The van der Waals surface area contributed by atoms with E-state index in [9.17, 15) is 13.3 Å². The summed E-state index contributed by atoms with van der Waals surface area (Å²) >= 11 is 0. The van der Waals surface area contributed by atoms with Crippen LogP contribution in [0.1, 0.15) is 0 Å². The van der Waals surface area contributed by atoms with Crippen molar-refractivity contribution >= 4 is 27.4 Å². The number of hydrogen-bond acceptors (Lipinski definition) is 5. The zero-order valence-corrected chi connectivity index (χ0v) is 8.89. The maximum absolute atomic E-state index is 10.6. The first-order valence-corrected chi connectivity index (χ1v) is 5.49. The summed E-state index contributed by atoms with van der Waals surface area (Å²) in [5.41, 5.74) is 0.157. The lowest BCUT2D eigenvalue weighted by molar-refractivity contribution is 0.513. The first-order valence-electron chi connectivity index (χ1n) is 4.40. The lowest BCUT2D eigenvalue weighted by Crippen LogP contribution is -1.90. The summed E-state index contributed by atoms with van der Waals surface area (Å²) in [7, 11) is -3.01. The number of nitrogens with zero attached hydrogens (tertiary/aromatic N) is 1. The first kappa shape index (κ1) is 10.6. The first-order chi connectivity index (χ1) is 7.72. The highest BCUT2D eigenvalue weighted by atomic mass is 32.2. The fraction of sp³-hybridized carbons (Fsp3) is 0. The molecule has 5 nitrogen and oxygen atoms in total. The molecule has 0 saturated heterocycles. The number of hydrogen-bond donors (Lipinski definition) is 1. The summed E-state index contributed by atoms with van der Waals surface area (Å²) in [5, 5.41) is 3.94. The van der Waals surface area contributed by atoms with Gasteiger partial charge in [-0.05, 0) is 22.7 Å². The minimum Gasteiger partial charge on any atom is -0.384 e. The Balaban J connectivity index is 2.77. The van der Waals surface area contributed by atoms with Gasteiger partial charge in [0.1, 0.15) is 5.69 Å². The predicted octanol–water partition coefficient (Wildman–Crippen LogP) is 2.14. The van der Waals surface area contributed by atoms with E-state index < -0.39 is 11.0 Å². The van der Waals surface area contributed by atoms with Crippen LogP contribution in [0.5, 0.6) is 5.75 Å². The molecule has 82 valence electrons. The zero-order chi connectivity index (χ0) is 11.5. The van der Waals surface area contributed by atoms with Gasteiger partial charge in [0.2, 0.25) is 0 Å². The highest BCUT2D eigenvalue weighted by molar-refractivity contribution is 7.67. The molecule has 0 aliphatic rings. The van der Waals surface area contributed by atoms with Crippen LogP contribution in [-0.4, -0.2) is 8.42 Å². The summed E-state index contributed by atoms with van der Waals surface area (Å²) < 4.78 is 25.7. The number of nitroso groups, excluding NO2 is 1. The molecule has 0 amide bonds. The monoisotopic (exact) mass is 237 g/mol. The molecule has 2 aromatic rings. The predicted molar refractivity (Wildman–Crippen MR) is 60.3 cm³/mol. The number of fused-ring (bicyclic) bond motifs is 1. The normalized spacial score (nSPS) is 10.6. The Morgan fingerprint density at radius 3 is 2.38 bits per heavy atom. The highest BCUT2D eigenvalue weighted by Crippen LogP contribution is 2.33. The number of rotatable bonds is 3. The van der Waals surface area contributed by atoms with E-state index >= 15 is 0 Å². The van der Waals surface area contributed by atoms with Crippen molar-refractivity contribution in [3.05, 3.63) is 41.3 Å². The SMILES string of the molecule is O=Nc1cccc2cccc(O[SH](=O)=O)c12. The van der Waals surface area contributed by atoms with Crippen LogP contribution in [-0.2, 0) is 11.0 Å². The second-order valence-electron chi connectivity index (χ2n) is 3.04. The molecular weight excluding hydrogens is 230 g/mol. The third kappa shape index (κ3) is 1.87. The molecule has 0 unspecified atom stereocenters. The van der Waals surface area contributed by atoms with Gasteiger partial charge in [-0.3, -0.25) is 0 Å². The molecule has 2 rings (SSSR count). The maximum Gasteiger partial charge on any atom is 0.299 e. The van der Waals surface area contributed by atoms with Crippen molar-refractivity contribution in [2.75, 3.05) is 0 Å². The van der Waals surface area contributed by atoms with Gasteiger partial charge in [0, 0.05) is 0 Å². The van der Waals surface area contributed by atoms with Gasteiger partial charge in [0.25, 0.3) is 11.0 Å². The fourth-order valence-corrected chi connectivity index (χ4v) is 1.83. The number of thiol groups is 1. The Hall–Kier alpha value is -1.95.